The van der Waals surface area contributed by atoms with E-state index in [4.69, 9.17) is 19.1 Å². The van der Waals surface area contributed by atoms with Gasteiger partial charge in [0.05, 0.1) is 11.0 Å². The number of nitrogens with zero attached hydrogens (tertiary/aromatic N) is 3. The van der Waals surface area contributed by atoms with Crippen LogP contribution in [-0.4, -0.2) is 39.5 Å². The number of piperidine rings is 1. The number of likely N-dealkylation sites (tertiary alicyclic amines) is 1. The highest BCUT2D eigenvalue weighted by molar-refractivity contribution is 7.20. The molecule has 1 fully saturated rings. The molecule has 0 bridgehead atoms. The lowest BCUT2D eigenvalue weighted by Gasteiger charge is -2.38. The highest BCUT2D eigenvalue weighted by Gasteiger charge is 2.29. The molecule has 4 heterocycles. The van der Waals surface area contributed by atoms with E-state index in [0.717, 1.165) is 47.0 Å². The normalized spacial score (nSPS) is 15.4. The van der Waals surface area contributed by atoms with E-state index >= 15 is 0 Å². The summed E-state index contributed by atoms with van der Waals surface area (Å²) < 4.78 is 12.9. The van der Waals surface area contributed by atoms with Crippen molar-refractivity contribution < 1.29 is 19.1 Å². The molecule has 1 aliphatic rings. The summed E-state index contributed by atoms with van der Waals surface area (Å²) in [6, 6.07) is 9.94. The van der Waals surface area contributed by atoms with E-state index in [-0.39, 0.29) is 6.47 Å². The topological polar surface area (TPSA) is 88.7 Å². The lowest BCUT2D eigenvalue weighted by atomic mass is 9.75. The second-order valence-corrected chi connectivity index (χ2v) is 10.3. The van der Waals surface area contributed by atoms with Crippen molar-refractivity contribution in [2.75, 3.05) is 13.1 Å². The van der Waals surface area contributed by atoms with E-state index < -0.39 is 0 Å². The van der Waals surface area contributed by atoms with Crippen LogP contribution in [0.5, 0.6) is 10.9 Å². The zero-order valence-corrected chi connectivity index (χ0v) is 20.0. The monoisotopic (exact) mass is 467 g/mol. The van der Waals surface area contributed by atoms with Gasteiger partial charge in [-0.15, -0.1) is 0 Å². The molecular weight excluding hydrogens is 438 g/mol. The molecule has 1 saturated heterocycles. The minimum atomic E-state index is -0.250. The molecule has 0 saturated carbocycles. The van der Waals surface area contributed by atoms with Gasteiger partial charge in [-0.1, -0.05) is 32.1 Å². The first kappa shape index (κ1) is 23.2. The Balaban J connectivity index is 0.000000821. The first-order valence-corrected chi connectivity index (χ1v) is 11.9. The van der Waals surface area contributed by atoms with Crippen LogP contribution in [0, 0.1) is 11.3 Å². The fourth-order valence-electron chi connectivity index (χ4n) is 4.34. The van der Waals surface area contributed by atoms with Crippen LogP contribution in [0.25, 0.3) is 21.3 Å². The Hall–Kier alpha value is -2.97. The maximum Gasteiger partial charge on any atom is 0.290 e. The Morgan fingerprint density at radius 1 is 1.27 bits per heavy atom. The molecule has 0 unspecified atom stereocenters. The molecule has 3 aromatic heterocycles. The van der Waals surface area contributed by atoms with Crippen LogP contribution >= 0.6 is 11.3 Å². The van der Waals surface area contributed by atoms with Gasteiger partial charge in [-0.2, -0.15) is 4.98 Å². The molecule has 1 aromatic carbocycles. The molecule has 7 nitrogen and oxygen atoms in total. The van der Waals surface area contributed by atoms with Crippen molar-refractivity contribution >= 4 is 39.1 Å². The van der Waals surface area contributed by atoms with E-state index in [0.29, 0.717) is 16.3 Å². The third kappa shape index (κ3) is 5.51. The van der Waals surface area contributed by atoms with Gasteiger partial charge in [0.25, 0.3) is 11.7 Å². The molecule has 0 atom stereocenters. The van der Waals surface area contributed by atoms with E-state index in [1.165, 1.54) is 29.7 Å². The van der Waals surface area contributed by atoms with Gasteiger partial charge in [0.15, 0.2) is 5.65 Å². The van der Waals surface area contributed by atoms with Crippen molar-refractivity contribution in [3.63, 3.8) is 0 Å². The number of pyridine rings is 1. The zero-order chi connectivity index (χ0) is 23.4. The lowest BCUT2D eigenvalue weighted by Crippen LogP contribution is -2.37. The molecule has 0 aliphatic carbocycles. The number of ether oxygens (including phenoxy) is 1. The van der Waals surface area contributed by atoms with Gasteiger partial charge < -0.3 is 14.3 Å². The number of aromatic nitrogens is 2. The average molecular weight is 468 g/mol. The third-order valence-electron chi connectivity index (χ3n) is 6.18. The molecule has 33 heavy (non-hydrogen) atoms. The van der Waals surface area contributed by atoms with E-state index in [9.17, 15) is 0 Å². The van der Waals surface area contributed by atoms with Crippen molar-refractivity contribution in [1.29, 1.82) is 0 Å². The molecule has 1 aliphatic heterocycles. The van der Waals surface area contributed by atoms with Crippen LogP contribution in [0.1, 0.15) is 39.2 Å². The quantitative estimate of drug-likeness (QED) is 0.358. The minimum Gasteiger partial charge on any atom is -0.483 e. The highest BCUT2D eigenvalue weighted by atomic mass is 32.1. The number of furan rings is 1. The van der Waals surface area contributed by atoms with Gasteiger partial charge in [-0.05, 0) is 61.5 Å². The van der Waals surface area contributed by atoms with Crippen molar-refractivity contribution in [3.8, 4) is 10.9 Å². The van der Waals surface area contributed by atoms with Crippen molar-refractivity contribution in [3.05, 3.63) is 48.4 Å². The first-order valence-electron chi connectivity index (χ1n) is 11.1. The van der Waals surface area contributed by atoms with Gasteiger partial charge in [-0.25, -0.2) is 4.98 Å². The van der Waals surface area contributed by atoms with Gasteiger partial charge in [-0.3, -0.25) is 9.69 Å². The van der Waals surface area contributed by atoms with E-state index in [2.05, 4.69) is 41.7 Å². The van der Waals surface area contributed by atoms with Crippen LogP contribution in [-0.2, 0) is 11.3 Å². The lowest BCUT2D eigenvalue weighted by molar-refractivity contribution is -0.122. The summed E-state index contributed by atoms with van der Waals surface area (Å²) in [5.74, 6) is 1.54. The smallest absolute Gasteiger partial charge is 0.290 e. The van der Waals surface area contributed by atoms with Crippen LogP contribution in [0.3, 0.4) is 0 Å². The molecule has 8 heteroatoms. The third-order valence-corrected chi connectivity index (χ3v) is 7.07. The molecule has 4 aromatic rings. The van der Waals surface area contributed by atoms with Crippen molar-refractivity contribution in [1.82, 2.24) is 14.9 Å². The second-order valence-electron chi connectivity index (χ2n) is 9.35. The van der Waals surface area contributed by atoms with E-state index in [1.54, 1.807) is 6.20 Å². The van der Waals surface area contributed by atoms with Crippen LogP contribution in [0.4, 0.5) is 0 Å². The van der Waals surface area contributed by atoms with Gasteiger partial charge >= 0.3 is 0 Å². The Kier molecular flexibility index (Phi) is 6.95. The summed E-state index contributed by atoms with van der Waals surface area (Å²) in [7, 11) is 0. The average Bonchev–Trinajstić information content (AvgIpc) is 3.37. The summed E-state index contributed by atoms with van der Waals surface area (Å²) in [5.41, 5.74) is 3.22. The number of carboxylic acid groups (broad SMARTS) is 1. The fourth-order valence-corrected chi connectivity index (χ4v) is 5.14. The molecule has 0 radical (unpaired) electrons. The number of thiazole rings is 1. The Labute approximate surface area is 197 Å². The summed E-state index contributed by atoms with van der Waals surface area (Å²) in [6.45, 7) is 10.1. The molecule has 0 spiro atoms. The molecule has 0 amide bonds. The first-order chi connectivity index (χ1) is 15.9. The highest BCUT2D eigenvalue weighted by Crippen LogP contribution is 2.36. The molecule has 174 valence electrons. The van der Waals surface area contributed by atoms with E-state index in [1.807, 2.05) is 30.5 Å². The largest absolute Gasteiger partial charge is 0.483 e. The molecular formula is C25H29N3O4S. The van der Waals surface area contributed by atoms with Crippen LogP contribution in [0.2, 0.25) is 0 Å². The number of benzene rings is 1. The Morgan fingerprint density at radius 3 is 2.73 bits per heavy atom. The summed E-state index contributed by atoms with van der Waals surface area (Å²) >= 11 is 1.49. The predicted molar refractivity (Wildman–Crippen MR) is 130 cm³/mol. The number of fused-ring (bicyclic) bond motifs is 2. The minimum absolute atomic E-state index is 0.250. The molecule has 1 N–H and O–H groups in total. The van der Waals surface area contributed by atoms with Crippen LogP contribution < -0.4 is 4.74 Å². The van der Waals surface area contributed by atoms with Crippen molar-refractivity contribution in [2.24, 2.45) is 11.3 Å². The standard InChI is InChI=1S/C24H27N3O2S.CH2O2/c1-24(2,3)17-8-11-27(12-9-17)14-16-15-28-20-13-18(6-7-19(16)20)29-23-26-22-21(30-23)5-4-10-25-22;2-1-3/h4-7,10,13,15,17H,8-9,11-12,14H2,1-3H3;1H,(H,2,3). The maximum absolute atomic E-state index is 8.36. The fraction of sp³-hybridized carbons (Fsp3) is 0.400. The van der Waals surface area contributed by atoms with Crippen molar-refractivity contribution in [2.45, 2.75) is 40.2 Å². The summed E-state index contributed by atoms with van der Waals surface area (Å²) in [6.07, 6.45) is 6.18. The van der Waals surface area contributed by atoms with Crippen LogP contribution in [0.15, 0.2) is 47.2 Å². The maximum atomic E-state index is 8.36. The van der Waals surface area contributed by atoms with Gasteiger partial charge in [0.1, 0.15) is 11.3 Å². The van der Waals surface area contributed by atoms with Gasteiger partial charge in [0.2, 0.25) is 0 Å². The second kappa shape index (κ2) is 9.89. The van der Waals surface area contributed by atoms with Gasteiger partial charge in [0, 0.05) is 29.8 Å². The number of carbonyl (C=O) groups is 1. The number of rotatable bonds is 4. The zero-order valence-electron chi connectivity index (χ0n) is 19.2. The molecule has 5 rings (SSSR count). The predicted octanol–water partition coefficient (Wildman–Crippen LogP) is 6.19. The number of hydrogen-bond acceptors (Lipinski definition) is 7. The summed E-state index contributed by atoms with van der Waals surface area (Å²) in [5, 5.41) is 8.64. The number of hydrogen-bond donors (Lipinski definition) is 1. The SMILES string of the molecule is CC(C)(C)C1CCN(Cc2coc3cc(Oc4nc5ncccc5s4)ccc23)CC1.O=CO. The summed E-state index contributed by atoms with van der Waals surface area (Å²) in [4.78, 5) is 19.6. The Bertz CT molecular complexity index is 1190. The Morgan fingerprint density at radius 2 is 2.03 bits per heavy atom.